The van der Waals surface area contributed by atoms with E-state index in [0.29, 0.717) is 0 Å². The van der Waals surface area contributed by atoms with Crippen LogP contribution in [0.1, 0.15) is 5.56 Å². The van der Waals surface area contributed by atoms with Gasteiger partial charge in [-0.3, -0.25) is 0 Å². The van der Waals surface area contributed by atoms with Gasteiger partial charge in [0.2, 0.25) is 0 Å². The van der Waals surface area contributed by atoms with Crippen molar-refractivity contribution in [2.75, 3.05) is 6.66 Å². The zero-order valence-electron chi connectivity index (χ0n) is 23.4. The summed E-state index contributed by atoms with van der Waals surface area (Å²) in [6.45, 7) is 16.3. The van der Waals surface area contributed by atoms with Crippen LogP contribution in [-0.4, -0.2) is 27.2 Å². The molecule has 0 fully saturated rings. The normalized spacial score (nSPS) is 13.4. The van der Waals surface area contributed by atoms with Crippen molar-refractivity contribution in [3.63, 3.8) is 0 Å². The topological polar surface area (TPSA) is 0 Å². The van der Waals surface area contributed by atoms with Crippen LogP contribution in [0.4, 0.5) is 0 Å². The highest BCUT2D eigenvalue weighted by Crippen LogP contribution is 2.80. The summed E-state index contributed by atoms with van der Waals surface area (Å²) in [4.78, 5) is 0. The molecule has 37 heavy (non-hydrogen) atoms. The molecule has 0 aliphatic carbocycles. The van der Waals surface area contributed by atoms with E-state index in [0.717, 1.165) is 0 Å². The number of benzene rings is 4. The van der Waals surface area contributed by atoms with Gasteiger partial charge in [-0.1, -0.05) is 168 Å². The van der Waals surface area contributed by atoms with E-state index in [1.165, 1.54) is 21.5 Å². The Balaban J connectivity index is 2.32. The van der Waals surface area contributed by atoms with Crippen LogP contribution in [0, 0.1) is 0 Å². The predicted octanol–water partition coefficient (Wildman–Crippen LogP) is 9.34. The van der Waals surface area contributed by atoms with Crippen LogP contribution in [0.2, 0.25) is 39.3 Å². The van der Waals surface area contributed by atoms with Crippen molar-refractivity contribution in [1.82, 2.24) is 0 Å². The molecular formula is C32H41P3Si2. The maximum atomic E-state index is 2.67. The molecule has 192 valence electrons. The summed E-state index contributed by atoms with van der Waals surface area (Å²) in [5.41, 5.74) is 1.45. The molecule has 4 rings (SSSR count). The lowest BCUT2D eigenvalue weighted by Gasteiger charge is -2.47. The molecule has 5 heteroatoms. The third-order valence-corrected chi connectivity index (χ3v) is 55.4. The lowest BCUT2D eigenvalue weighted by molar-refractivity contribution is 1.68. The Labute approximate surface area is 229 Å². The molecule has 0 radical (unpaired) electrons. The molecular weight excluding hydrogens is 533 g/mol. The van der Waals surface area contributed by atoms with Gasteiger partial charge in [-0.15, -0.1) is 6.71 Å². The summed E-state index contributed by atoms with van der Waals surface area (Å²) in [6.07, 6.45) is 0. The quantitative estimate of drug-likeness (QED) is 0.145. The van der Waals surface area contributed by atoms with E-state index >= 15 is 0 Å². The monoisotopic (exact) mass is 574 g/mol. The van der Waals surface area contributed by atoms with E-state index in [-0.39, 0.29) is 14.3 Å². The Morgan fingerprint density at radius 1 is 0.486 bits per heavy atom. The van der Waals surface area contributed by atoms with Crippen molar-refractivity contribution in [3.05, 3.63) is 127 Å². The highest BCUT2D eigenvalue weighted by molar-refractivity contribution is 8.62. The van der Waals surface area contributed by atoms with Gasteiger partial charge < -0.3 is 0 Å². The highest BCUT2D eigenvalue weighted by atomic mass is 32.3. The minimum absolute atomic E-state index is 0.0690. The molecule has 0 N–H and O–H groups in total. The van der Waals surface area contributed by atoms with Gasteiger partial charge in [-0.25, -0.2) is 0 Å². The fourth-order valence-corrected chi connectivity index (χ4v) is 69.3. The third kappa shape index (κ3) is 5.90. The fourth-order valence-electron chi connectivity index (χ4n) is 5.95. The lowest BCUT2D eigenvalue weighted by atomic mass is 10.2. The number of hydrogen-bond acceptors (Lipinski definition) is 0. The summed E-state index contributed by atoms with van der Waals surface area (Å²) >= 11 is 0. The van der Waals surface area contributed by atoms with E-state index in [1.54, 1.807) is 5.03 Å². The first-order valence-corrected chi connectivity index (χ1v) is 27.4. The molecule has 1 atom stereocenters. The van der Waals surface area contributed by atoms with Gasteiger partial charge in [-0.2, -0.15) is 0 Å². The Morgan fingerprint density at radius 3 is 1.08 bits per heavy atom. The van der Waals surface area contributed by atoms with Crippen molar-refractivity contribution in [2.24, 2.45) is 0 Å². The number of hydrogen-bond donors (Lipinski definition) is 0. The van der Waals surface area contributed by atoms with E-state index in [2.05, 4.69) is 167 Å². The zero-order chi connectivity index (χ0) is 26.7. The minimum atomic E-state index is -2.13. The van der Waals surface area contributed by atoms with Crippen molar-refractivity contribution < 1.29 is 0 Å². The summed E-state index contributed by atoms with van der Waals surface area (Å²) < 4.78 is 0. The Hall–Kier alpha value is -1.53. The molecule has 0 nitrogen and oxygen atoms in total. The average Bonchev–Trinajstić information content (AvgIpc) is 2.87. The first kappa shape index (κ1) is 28.5. The van der Waals surface area contributed by atoms with Gasteiger partial charge in [0.05, 0.1) is 15.5 Å². The van der Waals surface area contributed by atoms with Crippen LogP contribution in [0.3, 0.4) is 0 Å². The maximum Gasteiger partial charge on any atom is 0.0731 e. The second-order valence-electron chi connectivity index (χ2n) is 11.5. The van der Waals surface area contributed by atoms with Crippen LogP contribution in [0.5, 0.6) is 0 Å². The Kier molecular flexibility index (Phi) is 9.00. The summed E-state index contributed by atoms with van der Waals surface area (Å²) in [6, 6.07) is 45.9. The molecule has 0 aliphatic rings. The van der Waals surface area contributed by atoms with Crippen molar-refractivity contribution in [2.45, 2.75) is 39.3 Å². The minimum Gasteiger partial charge on any atom is -0.101 e. The smallest absolute Gasteiger partial charge is 0.0731 e. The molecule has 0 saturated heterocycles. The largest absolute Gasteiger partial charge is 0.101 e. The van der Waals surface area contributed by atoms with Gasteiger partial charge in [0.1, 0.15) is 0 Å². The molecule has 4 aromatic carbocycles. The lowest BCUT2D eigenvalue weighted by Crippen LogP contribution is -2.34. The van der Waals surface area contributed by atoms with Crippen LogP contribution in [0.15, 0.2) is 121 Å². The highest BCUT2D eigenvalue weighted by Gasteiger charge is 2.44. The summed E-state index contributed by atoms with van der Waals surface area (Å²) in [5.74, 6) is 0. The molecule has 0 saturated carbocycles. The SMILES string of the molecule is CP(C(c1ccccc1)=P(c1ccccc1)(c1ccccc1)c1ccccc1)P([Si](C)(C)C)[Si](C)(C)C. The molecule has 0 heterocycles. The first-order chi connectivity index (χ1) is 17.6. The molecule has 0 amide bonds. The molecule has 4 aromatic rings. The molecule has 0 bridgehead atoms. The maximum absolute atomic E-state index is 2.67. The molecule has 0 aromatic heterocycles. The van der Waals surface area contributed by atoms with Gasteiger partial charge in [-0.05, 0) is 40.1 Å². The van der Waals surface area contributed by atoms with E-state index in [1.807, 2.05) is 0 Å². The Morgan fingerprint density at radius 2 is 0.784 bits per heavy atom. The first-order valence-electron chi connectivity index (χ1n) is 13.1. The average molecular weight is 575 g/mol. The molecule has 1 unspecified atom stereocenters. The summed E-state index contributed by atoms with van der Waals surface area (Å²) in [5, 5.41) is 6.16. The number of rotatable bonds is 8. The molecule has 0 aliphatic heterocycles. The van der Waals surface area contributed by atoms with Crippen molar-refractivity contribution in [3.8, 4) is 0 Å². The van der Waals surface area contributed by atoms with E-state index < -0.39 is 22.4 Å². The van der Waals surface area contributed by atoms with Crippen LogP contribution in [0.25, 0.3) is 0 Å². The van der Waals surface area contributed by atoms with Crippen molar-refractivity contribution >= 4 is 57.6 Å². The van der Waals surface area contributed by atoms with Crippen LogP contribution < -0.4 is 15.9 Å². The van der Waals surface area contributed by atoms with Gasteiger partial charge in [0.25, 0.3) is 0 Å². The van der Waals surface area contributed by atoms with Gasteiger partial charge in [0, 0.05) is 0 Å². The van der Waals surface area contributed by atoms with Gasteiger partial charge in [0.15, 0.2) is 0 Å². The molecule has 0 spiro atoms. The predicted molar refractivity (Wildman–Crippen MR) is 182 cm³/mol. The van der Waals surface area contributed by atoms with Gasteiger partial charge >= 0.3 is 0 Å². The Bertz CT molecular complexity index is 1220. The van der Waals surface area contributed by atoms with Crippen LogP contribution >= 0.6 is 21.2 Å². The zero-order valence-corrected chi connectivity index (χ0v) is 28.1. The van der Waals surface area contributed by atoms with Crippen molar-refractivity contribution in [1.29, 1.82) is 0 Å². The second-order valence-corrected chi connectivity index (χ2v) is 43.4. The van der Waals surface area contributed by atoms with E-state index in [9.17, 15) is 0 Å². The van der Waals surface area contributed by atoms with Crippen LogP contribution in [-0.2, 0) is 0 Å². The third-order valence-electron chi connectivity index (χ3n) is 6.66. The standard InChI is InChI=1S/C32H41P3Si2/c1-33(34(36(2,3)4)37(5,6)7)32(28-20-12-8-13-21-28)35(29-22-14-9-15-23-29,30-24-16-10-17-25-30)31-26-18-11-19-27-31/h8-27H,1-7H3. The second kappa shape index (κ2) is 11.7. The summed E-state index contributed by atoms with van der Waals surface area (Å²) in [7, 11) is -3.18. The van der Waals surface area contributed by atoms with E-state index in [4.69, 9.17) is 0 Å². The fraction of sp³-hybridized carbons (Fsp3) is 0.219.